The number of H-pyrrole nitrogens is 1. The molecule has 3 N–H and O–H groups in total. The molecule has 0 bridgehead atoms. The van der Waals surface area contributed by atoms with Gasteiger partial charge < -0.3 is 20.3 Å². The van der Waals surface area contributed by atoms with Crippen LogP contribution in [0.15, 0.2) is 71.8 Å². The number of aromatic nitrogens is 2. The highest BCUT2D eigenvalue weighted by atomic mass is 32.2. The molecular formula is C26H27N5O4S. The number of aromatic amines is 1. The SMILES string of the molecule is CN1CCN(S(=O)(=O)c2ccc(-c3c(O)[nH]c4ccc(C(=O)NCc5ccccc5)cc34)nc2)CC1. The smallest absolute Gasteiger partial charge is 0.251 e. The molecule has 4 aromatic rings. The number of nitrogens with zero attached hydrogens (tertiary/aromatic N) is 3. The second kappa shape index (κ2) is 9.73. The lowest BCUT2D eigenvalue weighted by atomic mass is 10.1. The number of rotatable bonds is 6. The van der Waals surface area contributed by atoms with E-state index in [0.717, 1.165) is 5.56 Å². The number of nitrogens with one attached hydrogen (secondary N) is 2. The van der Waals surface area contributed by atoms with E-state index in [1.807, 2.05) is 37.4 Å². The van der Waals surface area contributed by atoms with E-state index < -0.39 is 10.0 Å². The summed E-state index contributed by atoms with van der Waals surface area (Å²) < 4.78 is 27.5. The first-order chi connectivity index (χ1) is 17.3. The van der Waals surface area contributed by atoms with Gasteiger partial charge in [0.2, 0.25) is 10.0 Å². The molecular weight excluding hydrogens is 478 g/mol. The number of hydrogen-bond donors (Lipinski definition) is 3. The van der Waals surface area contributed by atoms with Gasteiger partial charge in [-0.15, -0.1) is 0 Å². The van der Waals surface area contributed by atoms with Crippen molar-refractivity contribution < 1.29 is 18.3 Å². The molecule has 36 heavy (non-hydrogen) atoms. The van der Waals surface area contributed by atoms with Gasteiger partial charge in [-0.2, -0.15) is 4.31 Å². The van der Waals surface area contributed by atoms with Crippen molar-refractivity contribution >= 4 is 26.8 Å². The van der Waals surface area contributed by atoms with E-state index in [1.165, 1.54) is 16.6 Å². The van der Waals surface area contributed by atoms with E-state index in [9.17, 15) is 18.3 Å². The van der Waals surface area contributed by atoms with E-state index >= 15 is 0 Å². The van der Waals surface area contributed by atoms with Gasteiger partial charge in [0.05, 0.1) is 11.3 Å². The summed E-state index contributed by atoms with van der Waals surface area (Å²) in [5.74, 6) is -0.344. The minimum atomic E-state index is -3.65. The first-order valence-corrected chi connectivity index (χ1v) is 13.1. The van der Waals surface area contributed by atoms with Gasteiger partial charge in [0, 0.05) is 55.4 Å². The quantitative estimate of drug-likeness (QED) is 0.371. The molecule has 0 spiro atoms. The molecule has 5 rings (SSSR count). The van der Waals surface area contributed by atoms with Crippen LogP contribution >= 0.6 is 0 Å². The summed E-state index contributed by atoms with van der Waals surface area (Å²) in [6, 6.07) is 17.8. The lowest BCUT2D eigenvalue weighted by Crippen LogP contribution is -2.47. The molecule has 186 valence electrons. The number of likely N-dealkylation sites (N-methyl/N-ethyl adjacent to an activating group) is 1. The number of pyridine rings is 1. The average molecular weight is 506 g/mol. The van der Waals surface area contributed by atoms with Crippen LogP contribution in [0, 0.1) is 0 Å². The normalized spacial score (nSPS) is 15.2. The Kier molecular flexibility index (Phi) is 6.48. The molecule has 9 nitrogen and oxygen atoms in total. The van der Waals surface area contributed by atoms with Crippen molar-refractivity contribution in [2.75, 3.05) is 33.2 Å². The van der Waals surface area contributed by atoms with Gasteiger partial charge in [-0.25, -0.2) is 8.42 Å². The Balaban J connectivity index is 1.40. The maximum Gasteiger partial charge on any atom is 0.251 e. The van der Waals surface area contributed by atoms with Crippen LogP contribution in [0.1, 0.15) is 15.9 Å². The molecule has 2 aromatic heterocycles. The minimum absolute atomic E-state index is 0.103. The van der Waals surface area contributed by atoms with Crippen LogP contribution in [0.4, 0.5) is 0 Å². The first kappa shape index (κ1) is 24.0. The van der Waals surface area contributed by atoms with Crippen LogP contribution in [-0.4, -0.2) is 71.8 Å². The third-order valence-electron chi connectivity index (χ3n) is 6.43. The molecule has 10 heteroatoms. The van der Waals surface area contributed by atoms with E-state index in [1.54, 1.807) is 24.3 Å². The number of piperazine rings is 1. The van der Waals surface area contributed by atoms with Gasteiger partial charge in [-0.3, -0.25) is 9.78 Å². The van der Waals surface area contributed by atoms with Crippen LogP contribution < -0.4 is 5.32 Å². The zero-order chi connectivity index (χ0) is 25.3. The van der Waals surface area contributed by atoms with E-state index in [-0.39, 0.29) is 16.7 Å². The number of amides is 1. The number of aromatic hydroxyl groups is 1. The highest BCUT2D eigenvalue weighted by Crippen LogP contribution is 2.36. The van der Waals surface area contributed by atoms with Crippen molar-refractivity contribution in [2.24, 2.45) is 0 Å². The summed E-state index contributed by atoms with van der Waals surface area (Å²) in [5.41, 5.74) is 2.87. The first-order valence-electron chi connectivity index (χ1n) is 11.6. The molecule has 3 heterocycles. The molecule has 0 radical (unpaired) electrons. The predicted octanol–water partition coefficient (Wildman–Crippen LogP) is 2.80. The van der Waals surface area contributed by atoms with Gasteiger partial charge in [-0.1, -0.05) is 30.3 Å². The van der Waals surface area contributed by atoms with Crippen molar-refractivity contribution in [3.63, 3.8) is 0 Å². The number of carbonyl (C=O) groups is 1. The van der Waals surface area contributed by atoms with Crippen molar-refractivity contribution in [1.82, 2.24) is 24.5 Å². The molecule has 1 saturated heterocycles. The van der Waals surface area contributed by atoms with Crippen LogP contribution in [0.3, 0.4) is 0 Å². The summed E-state index contributed by atoms with van der Waals surface area (Å²) in [5, 5.41) is 14.1. The Hall–Kier alpha value is -3.73. The lowest BCUT2D eigenvalue weighted by molar-refractivity contribution is 0.0951. The average Bonchev–Trinajstić information content (AvgIpc) is 3.23. The topological polar surface area (TPSA) is 119 Å². The van der Waals surface area contributed by atoms with Crippen molar-refractivity contribution in [1.29, 1.82) is 0 Å². The third-order valence-corrected chi connectivity index (χ3v) is 8.31. The van der Waals surface area contributed by atoms with Gasteiger partial charge in [0.15, 0.2) is 5.88 Å². The standard InChI is InChI=1S/C26H27N5O4S/c1-30-11-13-31(14-12-30)36(34,35)20-8-10-23(27-17-20)24-21-15-19(7-9-22(21)29-26(24)33)25(32)28-16-18-5-3-2-4-6-18/h2-10,15,17,29,33H,11-14,16H2,1H3,(H,28,32). The number of sulfonamides is 1. The molecule has 1 amide bonds. The molecule has 0 atom stereocenters. The Labute approximate surface area is 209 Å². The monoisotopic (exact) mass is 505 g/mol. The summed E-state index contributed by atoms with van der Waals surface area (Å²) in [7, 11) is -1.69. The fourth-order valence-electron chi connectivity index (χ4n) is 4.32. The Morgan fingerprint density at radius 3 is 2.50 bits per heavy atom. The molecule has 0 aliphatic carbocycles. The van der Waals surface area contributed by atoms with Crippen LogP contribution in [0.2, 0.25) is 0 Å². The predicted molar refractivity (Wildman–Crippen MR) is 137 cm³/mol. The van der Waals surface area contributed by atoms with E-state index in [2.05, 4.69) is 20.2 Å². The lowest BCUT2D eigenvalue weighted by Gasteiger charge is -2.31. The van der Waals surface area contributed by atoms with Crippen LogP contribution in [0.5, 0.6) is 5.88 Å². The maximum absolute atomic E-state index is 13.0. The molecule has 0 saturated carbocycles. The highest BCUT2D eigenvalue weighted by Gasteiger charge is 2.28. The zero-order valence-electron chi connectivity index (χ0n) is 19.8. The summed E-state index contributed by atoms with van der Waals surface area (Å²) in [6.07, 6.45) is 1.32. The second-order valence-electron chi connectivity index (χ2n) is 8.86. The van der Waals surface area contributed by atoms with E-state index in [0.29, 0.717) is 60.4 Å². The summed E-state index contributed by atoms with van der Waals surface area (Å²) in [4.78, 5) is 22.2. The maximum atomic E-state index is 13.0. The van der Waals surface area contributed by atoms with Crippen LogP contribution in [-0.2, 0) is 16.6 Å². The van der Waals surface area contributed by atoms with Gasteiger partial charge >= 0.3 is 0 Å². The van der Waals surface area contributed by atoms with Gasteiger partial charge in [0.25, 0.3) is 5.91 Å². The largest absolute Gasteiger partial charge is 0.494 e. The van der Waals surface area contributed by atoms with E-state index in [4.69, 9.17) is 0 Å². The molecule has 0 unspecified atom stereocenters. The second-order valence-corrected chi connectivity index (χ2v) is 10.8. The number of fused-ring (bicyclic) bond motifs is 1. The Morgan fingerprint density at radius 2 is 1.81 bits per heavy atom. The molecule has 1 aliphatic rings. The number of carbonyl (C=O) groups excluding carboxylic acids is 1. The third kappa shape index (κ3) is 4.70. The minimum Gasteiger partial charge on any atom is -0.494 e. The molecule has 1 aliphatic heterocycles. The van der Waals surface area contributed by atoms with Crippen molar-refractivity contribution in [2.45, 2.75) is 11.4 Å². The molecule has 1 fully saturated rings. The zero-order valence-corrected chi connectivity index (χ0v) is 20.6. The van der Waals surface area contributed by atoms with Gasteiger partial charge in [-0.05, 0) is 42.9 Å². The highest BCUT2D eigenvalue weighted by molar-refractivity contribution is 7.89. The number of benzene rings is 2. The molecule has 2 aromatic carbocycles. The fraction of sp³-hybridized carbons (Fsp3) is 0.231. The Bertz CT molecular complexity index is 1490. The number of hydrogen-bond acceptors (Lipinski definition) is 6. The summed E-state index contributed by atoms with van der Waals surface area (Å²) >= 11 is 0. The fourth-order valence-corrected chi connectivity index (χ4v) is 5.68. The van der Waals surface area contributed by atoms with Crippen molar-refractivity contribution in [3.8, 4) is 17.1 Å². The van der Waals surface area contributed by atoms with Gasteiger partial charge in [0.1, 0.15) is 4.90 Å². The summed E-state index contributed by atoms with van der Waals surface area (Å²) in [6.45, 7) is 2.61. The Morgan fingerprint density at radius 1 is 1.06 bits per heavy atom. The van der Waals surface area contributed by atoms with Crippen molar-refractivity contribution in [3.05, 3.63) is 78.0 Å². The van der Waals surface area contributed by atoms with Crippen LogP contribution in [0.25, 0.3) is 22.2 Å².